The molecule has 9 aromatic rings. The molecule has 9 rings (SSSR count). The quantitative estimate of drug-likeness (QED) is 0.227. The third kappa shape index (κ3) is 2.96. The second kappa shape index (κ2) is 7.69. The van der Waals surface area contributed by atoms with Gasteiger partial charge in [-0.2, -0.15) is 0 Å². The SMILES string of the molecule is c1ccc2c(c1)oc1c(-c3ccc4oc5ccc(-c6ncnc7c6sc6ccccc67)cc5c4c3)ncnc12. The van der Waals surface area contributed by atoms with Gasteiger partial charge in [-0.25, -0.2) is 19.9 Å². The average Bonchev–Trinajstić information content (AvgIpc) is 3.67. The fourth-order valence-corrected chi connectivity index (χ4v) is 6.70. The van der Waals surface area contributed by atoms with Crippen LogP contribution in [0.1, 0.15) is 0 Å². The van der Waals surface area contributed by atoms with Gasteiger partial charge in [0.1, 0.15) is 40.6 Å². The van der Waals surface area contributed by atoms with Crippen LogP contribution in [0.2, 0.25) is 0 Å². The lowest BCUT2D eigenvalue weighted by molar-refractivity contribution is 0.666. The van der Waals surface area contributed by atoms with E-state index in [1.54, 1.807) is 24.0 Å². The molecule has 0 atom stereocenters. The molecule has 39 heavy (non-hydrogen) atoms. The first-order valence-electron chi connectivity index (χ1n) is 12.5. The van der Waals surface area contributed by atoms with Crippen LogP contribution in [0.5, 0.6) is 0 Å². The lowest BCUT2D eigenvalue weighted by atomic mass is 10.0. The zero-order chi connectivity index (χ0) is 25.5. The van der Waals surface area contributed by atoms with Crippen molar-refractivity contribution in [2.45, 2.75) is 0 Å². The van der Waals surface area contributed by atoms with E-state index in [4.69, 9.17) is 13.8 Å². The first-order valence-corrected chi connectivity index (χ1v) is 13.3. The number of benzene rings is 4. The van der Waals surface area contributed by atoms with E-state index in [-0.39, 0.29) is 0 Å². The molecule has 0 aliphatic heterocycles. The standard InChI is InChI=1S/C32H16N4O2S/c1-3-7-23-19(5-1)29-31(38-23)27(33-15-35-29)17-9-11-24-21(13-17)22-14-18(10-12-25(22)37-24)28-32-30(36-16-34-28)20-6-2-4-8-26(20)39-32/h1-16H. The number of para-hydroxylation sites is 1. The summed E-state index contributed by atoms with van der Waals surface area (Å²) < 4.78 is 14.7. The summed E-state index contributed by atoms with van der Waals surface area (Å²) in [6.07, 6.45) is 3.25. The van der Waals surface area contributed by atoms with Gasteiger partial charge in [-0.1, -0.05) is 30.3 Å². The number of hydrogen-bond acceptors (Lipinski definition) is 7. The summed E-state index contributed by atoms with van der Waals surface area (Å²) in [7, 11) is 0. The van der Waals surface area contributed by atoms with Gasteiger partial charge in [0.05, 0.1) is 15.9 Å². The molecule has 0 N–H and O–H groups in total. The van der Waals surface area contributed by atoms with Crippen LogP contribution < -0.4 is 0 Å². The van der Waals surface area contributed by atoms with Crippen molar-refractivity contribution in [1.29, 1.82) is 0 Å². The second-order valence-corrected chi connectivity index (χ2v) is 10.6. The Bertz CT molecular complexity index is 2250. The fourth-order valence-electron chi connectivity index (χ4n) is 5.53. The van der Waals surface area contributed by atoms with Crippen LogP contribution in [-0.2, 0) is 0 Å². The highest BCUT2D eigenvalue weighted by Gasteiger charge is 2.18. The number of aromatic nitrogens is 4. The van der Waals surface area contributed by atoms with Crippen LogP contribution in [0, 0.1) is 0 Å². The summed E-state index contributed by atoms with van der Waals surface area (Å²) in [4.78, 5) is 18.4. The molecule has 6 nitrogen and oxygen atoms in total. The molecule has 182 valence electrons. The summed E-state index contributed by atoms with van der Waals surface area (Å²) in [6, 6.07) is 28.7. The van der Waals surface area contributed by atoms with Crippen molar-refractivity contribution >= 4 is 75.6 Å². The fraction of sp³-hybridized carbons (Fsp3) is 0. The molecule has 0 amide bonds. The largest absolute Gasteiger partial charge is 0.456 e. The molecule has 4 aromatic carbocycles. The minimum atomic E-state index is 0.680. The van der Waals surface area contributed by atoms with Gasteiger partial charge in [-0.3, -0.25) is 0 Å². The number of rotatable bonds is 2. The van der Waals surface area contributed by atoms with Crippen LogP contribution in [0.25, 0.3) is 86.8 Å². The third-order valence-corrected chi connectivity index (χ3v) is 8.50. The van der Waals surface area contributed by atoms with Gasteiger partial charge < -0.3 is 8.83 Å². The Morgan fingerprint density at radius 2 is 1.15 bits per heavy atom. The molecule has 0 bridgehead atoms. The highest BCUT2D eigenvalue weighted by Crippen LogP contribution is 2.40. The van der Waals surface area contributed by atoms with E-state index < -0.39 is 0 Å². The summed E-state index contributed by atoms with van der Waals surface area (Å²) in [5.74, 6) is 0. The number of thiophene rings is 1. The number of fused-ring (bicyclic) bond motifs is 9. The predicted molar refractivity (Wildman–Crippen MR) is 156 cm³/mol. The van der Waals surface area contributed by atoms with Gasteiger partial charge in [-0.05, 0) is 54.6 Å². The van der Waals surface area contributed by atoms with Crippen LogP contribution >= 0.6 is 11.3 Å². The Hall–Kier alpha value is -5.14. The normalized spacial score (nSPS) is 12.1. The minimum Gasteiger partial charge on any atom is -0.456 e. The van der Waals surface area contributed by atoms with Gasteiger partial charge in [0.15, 0.2) is 5.58 Å². The van der Waals surface area contributed by atoms with Gasteiger partial charge in [0.2, 0.25) is 0 Å². The maximum atomic E-state index is 6.22. The number of nitrogens with zero attached hydrogens (tertiary/aromatic N) is 4. The van der Waals surface area contributed by atoms with Crippen molar-refractivity contribution in [3.05, 3.63) is 97.6 Å². The zero-order valence-electron chi connectivity index (χ0n) is 20.3. The van der Waals surface area contributed by atoms with Crippen LogP contribution in [0.4, 0.5) is 0 Å². The molecule has 5 aromatic heterocycles. The Labute approximate surface area is 224 Å². The Balaban J connectivity index is 1.26. The van der Waals surface area contributed by atoms with Crippen LogP contribution in [0.3, 0.4) is 0 Å². The molecule has 0 aliphatic carbocycles. The van der Waals surface area contributed by atoms with Crippen molar-refractivity contribution in [2.24, 2.45) is 0 Å². The van der Waals surface area contributed by atoms with E-state index in [1.165, 1.54) is 4.70 Å². The van der Waals surface area contributed by atoms with E-state index >= 15 is 0 Å². The molecule has 7 heteroatoms. The Morgan fingerprint density at radius 3 is 1.97 bits per heavy atom. The van der Waals surface area contributed by atoms with E-state index in [1.807, 2.05) is 48.5 Å². The lowest BCUT2D eigenvalue weighted by Gasteiger charge is -2.03. The highest BCUT2D eigenvalue weighted by molar-refractivity contribution is 7.26. The van der Waals surface area contributed by atoms with Gasteiger partial charge in [0, 0.05) is 37.4 Å². The highest BCUT2D eigenvalue weighted by atomic mass is 32.1. The average molecular weight is 521 g/mol. The van der Waals surface area contributed by atoms with Crippen LogP contribution in [-0.4, -0.2) is 19.9 Å². The smallest absolute Gasteiger partial charge is 0.180 e. The minimum absolute atomic E-state index is 0.680. The topological polar surface area (TPSA) is 77.8 Å². The molecule has 0 unspecified atom stereocenters. The maximum absolute atomic E-state index is 6.22. The molecule has 0 aliphatic rings. The molecule has 0 fully saturated rings. The van der Waals surface area contributed by atoms with E-state index in [0.29, 0.717) is 5.58 Å². The Kier molecular flexibility index (Phi) is 4.11. The summed E-state index contributed by atoms with van der Waals surface area (Å²) in [5.41, 5.74) is 8.56. The first-order chi connectivity index (χ1) is 19.3. The third-order valence-electron chi connectivity index (χ3n) is 7.33. The monoisotopic (exact) mass is 520 g/mol. The van der Waals surface area contributed by atoms with Gasteiger partial charge >= 0.3 is 0 Å². The summed E-state index contributed by atoms with van der Waals surface area (Å²) in [5, 5.41) is 4.16. The maximum Gasteiger partial charge on any atom is 0.180 e. The first kappa shape index (κ1) is 20.9. The van der Waals surface area contributed by atoms with E-state index in [9.17, 15) is 0 Å². The lowest BCUT2D eigenvalue weighted by Crippen LogP contribution is -1.87. The van der Waals surface area contributed by atoms with E-state index in [0.717, 1.165) is 76.5 Å². The molecule has 0 saturated heterocycles. The van der Waals surface area contributed by atoms with Crippen LogP contribution in [0.15, 0.2) is 106 Å². The Morgan fingerprint density at radius 1 is 0.513 bits per heavy atom. The second-order valence-electron chi connectivity index (χ2n) is 9.52. The van der Waals surface area contributed by atoms with Crippen molar-refractivity contribution < 1.29 is 8.83 Å². The number of furan rings is 2. The molecular weight excluding hydrogens is 504 g/mol. The van der Waals surface area contributed by atoms with Crippen molar-refractivity contribution in [1.82, 2.24) is 19.9 Å². The predicted octanol–water partition coefficient (Wildman–Crippen LogP) is 8.77. The summed E-state index contributed by atoms with van der Waals surface area (Å²) >= 11 is 1.72. The molecule has 0 saturated carbocycles. The molecule has 0 radical (unpaired) electrons. The zero-order valence-corrected chi connectivity index (χ0v) is 21.1. The van der Waals surface area contributed by atoms with Crippen molar-refractivity contribution in [2.75, 3.05) is 0 Å². The molecule has 0 spiro atoms. The number of hydrogen-bond donors (Lipinski definition) is 0. The van der Waals surface area contributed by atoms with E-state index in [2.05, 4.69) is 51.4 Å². The van der Waals surface area contributed by atoms with Gasteiger partial charge in [-0.15, -0.1) is 11.3 Å². The van der Waals surface area contributed by atoms with Crippen molar-refractivity contribution in [3.8, 4) is 22.5 Å². The molecular formula is C32H16N4O2S. The van der Waals surface area contributed by atoms with Gasteiger partial charge in [0.25, 0.3) is 0 Å². The molecule has 5 heterocycles. The van der Waals surface area contributed by atoms with Crippen molar-refractivity contribution in [3.63, 3.8) is 0 Å². The summed E-state index contributed by atoms with van der Waals surface area (Å²) in [6.45, 7) is 0.